The van der Waals surface area contributed by atoms with Gasteiger partial charge in [-0.25, -0.2) is 19.4 Å². The SMILES string of the molecule is C[C@@H]1CSCCN(C(=O)Nc2cccnc2-n2cncn2)C1. The number of hydrogen-bond donors (Lipinski definition) is 1. The number of rotatable bonds is 2. The second-order valence-electron chi connectivity index (χ2n) is 5.27. The molecule has 0 radical (unpaired) electrons. The molecule has 2 amide bonds. The number of carbonyl (C=O) groups excluding carboxylic acids is 1. The van der Waals surface area contributed by atoms with E-state index in [1.165, 1.54) is 11.0 Å². The smallest absolute Gasteiger partial charge is 0.321 e. The summed E-state index contributed by atoms with van der Waals surface area (Å²) in [4.78, 5) is 22.6. The first-order valence-corrected chi connectivity index (χ1v) is 8.33. The molecule has 3 rings (SSSR count). The minimum Gasteiger partial charge on any atom is -0.323 e. The average molecular weight is 318 g/mol. The molecule has 7 nitrogen and oxygen atoms in total. The number of hydrogen-bond acceptors (Lipinski definition) is 5. The molecule has 0 bridgehead atoms. The Balaban J connectivity index is 1.77. The fourth-order valence-corrected chi connectivity index (χ4v) is 3.38. The topological polar surface area (TPSA) is 75.9 Å². The molecule has 0 aromatic carbocycles. The molecule has 1 aliphatic heterocycles. The Morgan fingerprint density at radius 1 is 1.50 bits per heavy atom. The molecule has 0 spiro atoms. The van der Waals surface area contributed by atoms with Crippen molar-refractivity contribution in [1.29, 1.82) is 0 Å². The maximum Gasteiger partial charge on any atom is 0.321 e. The first kappa shape index (κ1) is 14.8. The minimum atomic E-state index is -0.0938. The summed E-state index contributed by atoms with van der Waals surface area (Å²) in [5.41, 5.74) is 0.627. The van der Waals surface area contributed by atoms with E-state index in [4.69, 9.17) is 0 Å². The van der Waals surface area contributed by atoms with Crippen LogP contribution >= 0.6 is 11.8 Å². The van der Waals surface area contributed by atoms with E-state index in [9.17, 15) is 4.79 Å². The summed E-state index contributed by atoms with van der Waals surface area (Å²) in [6, 6.07) is 3.51. The van der Waals surface area contributed by atoms with Crippen molar-refractivity contribution in [2.75, 3.05) is 29.9 Å². The van der Waals surface area contributed by atoms with E-state index in [1.54, 1.807) is 18.6 Å². The summed E-state index contributed by atoms with van der Waals surface area (Å²) in [6.45, 7) is 3.71. The lowest BCUT2D eigenvalue weighted by atomic mass is 10.2. The van der Waals surface area contributed by atoms with E-state index in [1.807, 2.05) is 22.7 Å². The summed E-state index contributed by atoms with van der Waals surface area (Å²) < 4.78 is 1.54. The van der Waals surface area contributed by atoms with Gasteiger partial charge in [-0.15, -0.1) is 0 Å². The van der Waals surface area contributed by atoms with Gasteiger partial charge in [0.25, 0.3) is 0 Å². The number of pyridine rings is 1. The van der Waals surface area contributed by atoms with Gasteiger partial charge >= 0.3 is 6.03 Å². The Kier molecular flexibility index (Phi) is 4.57. The highest BCUT2D eigenvalue weighted by Crippen LogP contribution is 2.19. The largest absolute Gasteiger partial charge is 0.323 e. The molecule has 3 heterocycles. The maximum atomic E-state index is 12.5. The Bertz CT molecular complexity index is 632. The molecule has 1 saturated heterocycles. The highest BCUT2D eigenvalue weighted by Gasteiger charge is 2.20. The van der Waals surface area contributed by atoms with Crippen molar-refractivity contribution in [1.82, 2.24) is 24.6 Å². The summed E-state index contributed by atoms with van der Waals surface area (Å²) in [7, 11) is 0. The summed E-state index contributed by atoms with van der Waals surface area (Å²) in [5.74, 6) is 3.13. The second kappa shape index (κ2) is 6.78. The molecule has 2 aromatic rings. The second-order valence-corrected chi connectivity index (χ2v) is 6.42. The number of carbonyl (C=O) groups is 1. The van der Waals surface area contributed by atoms with Crippen molar-refractivity contribution in [3.8, 4) is 5.82 Å². The monoisotopic (exact) mass is 318 g/mol. The maximum absolute atomic E-state index is 12.5. The molecule has 0 unspecified atom stereocenters. The van der Waals surface area contributed by atoms with Gasteiger partial charge in [0, 0.05) is 25.0 Å². The van der Waals surface area contributed by atoms with Gasteiger partial charge in [0.15, 0.2) is 5.82 Å². The van der Waals surface area contributed by atoms with Crippen LogP contribution in [0, 0.1) is 5.92 Å². The predicted molar refractivity (Wildman–Crippen MR) is 86.2 cm³/mol. The Hall–Kier alpha value is -2.09. The number of anilines is 1. The van der Waals surface area contributed by atoms with Crippen molar-refractivity contribution in [2.45, 2.75) is 6.92 Å². The van der Waals surface area contributed by atoms with Crippen molar-refractivity contribution in [2.24, 2.45) is 5.92 Å². The van der Waals surface area contributed by atoms with E-state index < -0.39 is 0 Å². The number of thioether (sulfide) groups is 1. The van der Waals surface area contributed by atoms with Crippen molar-refractivity contribution >= 4 is 23.5 Å². The lowest BCUT2D eigenvalue weighted by Crippen LogP contribution is -2.38. The van der Waals surface area contributed by atoms with Gasteiger partial charge in [-0.2, -0.15) is 16.9 Å². The highest BCUT2D eigenvalue weighted by molar-refractivity contribution is 7.99. The van der Waals surface area contributed by atoms with Crippen LogP contribution in [0.15, 0.2) is 31.0 Å². The highest BCUT2D eigenvalue weighted by atomic mass is 32.2. The molecule has 1 aliphatic rings. The molecule has 8 heteroatoms. The predicted octanol–water partition coefficient (Wildman–Crippen LogP) is 1.88. The zero-order valence-corrected chi connectivity index (χ0v) is 13.2. The van der Waals surface area contributed by atoms with Crippen molar-refractivity contribution in [3.05, 3.63) is 31.0 Å². The zero-order valence-electron chi connectivity index (χ0n) is 12.3. The number of urea groups is 1. The molecule has 22 heavy (non-hydrogen) atoms. The van der Waals surface area contributed by atoms with E-state index in [0.717, 1.165) is 24.6 Å². The van der Waals surface area contributed by atoms with Gasteiger partial charge in [-0.3, -0.25) is 0 Å². The normalized spacial score (nSPS) is 18.8. The minimum absolute atomic E-state index is 0.0938. The van der Waals surface area contributed by atoms with Crippen LogP contribution in [0.25, 0.3) is 5.82 Å². The molecule has 0 saturated carbocycles. The van der Waals surface area contributed by atoms with Gasteiger partial charge in [-0.05, 0) is 23.8 Å². The lowest BCUT2D eigenvalue weighted by Gasteiger charge is -2.23. The number of nitrogens with zero attached hydrogens (tertiary/aromatic N) is 5. The standard InChI is InChI=1S/C14H18N6OS/c1-11-7-19(5-6-22-8-11)14(21)18-12-3-2-4-16-13(12)20-10-15-9-17-20/h2-4,9-11H,5-8H2,1H3,(H,18,21)/t11-/m0/s1. The van der Waals surface area contributed by atoms with Crippen molar-refractivity contribution < 1.29 is 4.79 Å². The van der Waals surface area contributed by atoms with Crippen LogP contribution in [0.3, 0.4) is 0 Å². The summed E-state index contributed by atoms with van der Waals surface area (Å²) in [5, 5.41) is 7.01. The van der Waals surface area contributed by atoms with Crippen LogP contribution in [-0.4, -0.2) is 55.3 Å². The zero-order chi connectivity index (χ0) is 15.4. The lowest BCUT2D eigenvalue weighted by molar-refractivity contribution is 0.210. The van der Waals surface area contributed by atoms with Gasteiger partial charge in [-0.1, -0.05) is 6.92 Å². The third-order valence-electron chi connectivity index (χ3n) is 3.39. The quantitative estimate of drug-likeness (QED) is 0.915. The van der Waals surface area contributed by atoms with Crippen LogP contribution in [0.1, 0.15) is 6.92 Å². The first-order chi connectivity index (χ1) is 10.7. The Labute approximate surface area is 133 Å². The van der Waals surface area contributed by atoms with Gasteiger partial charge < -0.3 is 10.2 Å². The number of aromatic nitrogens is 4. The Morgan fingerprint density at radius 3 is 3.23 bits per heavy atom. The average Bonchev–Trinajstić information content (AvgIpc) is 2.96. The van der Waals surface area contributed by atoms with E-state index in [0.29, 0.717) is 17.4 Å². The van der Waals surface area contributed by atoms with Crippen molar-refractivity contribution in [3.63, 3.8) is 0 Å². The molecular weight excluding hydrogens is 300 g/mol. The molecular formula is C14H18N6OS. The van der Waals surface area contributed by atoms with E-state index in [2.05, 4.69) is 27.3 Å². The third kappa shape index (κ3) is 3.38. The van der Waals surface area contributed by atoms with Gasteiger partial charge in [0.05, 0.1) is 5.69 Å². The number of nitrogens with one attached hydrogen (secondary N) is 1. The molecule has 1 atom stereocenters. The van der Waals surface area contributed by atoms with Crippen LogP contribution in [0.5, 0.6) is 0 Å². The molecule has 1 N–H and O–H groups in total. The molecule has 0 aliphatic carbocycles. The third-order valence-corrected chi connectivity index (χ3v) is 4.67. The fourth-order valence-electron chi connectivity index (χ4n) is 2.35. The first-order valence-electron chi connectivity index (χ1n) is 7.17. The van der Waals surface area contributed by atoms with Gasteiger partial charge in [0.2, 0.25) is 0 Å². The van der Waals surface area contributed by atoms with E-state index in [-0.39, 0.29) is 6.03 Å². The summed E-state index contributed by atoms with van der Waals surface area (Å²) >= 11 is 1.90. The van der Waals surface area contributed by atoms with E-state index >= 15 is 0 Å². The summed E-state index contributed by atoms with van der Waals surface area (Å²) in [6.07, 6.45) is 4.66. The van der Waals surface area contributed by atoms with Crippen LogP contribution in [-0.2, 0) is 0 Å². The van der Waals surface area contributed by atoms with Crippen LogP contribution in [0.4, 0.5) is 10.5 Å². The molecule has 116 valence electrons. The molecule has 1 fully saturated rings. The number of amides is 2. The van der Waals surface area contributed by atoms with Gasteiger partial charge in [0.1, 0.15) is 12.7 Å². The van der Waals surface area contributed by atoms with Crippen LogP contribution < -0.4 is 5.32 Å². The fraction of sp³-hybridized carbons (Fsp3) is 0.429. The Morgan fingerprint density at radius 2 is 2.41 bits per heavy atom. The molecule has 2 aromatic heterocycles. The van der Waals surface area contributed by atoms with Crippen LogP contribution in [0.2, 0.25) is 0 Å².